The monoisotopic (exact) mass is 391 g/mol. The van der Waals surface area contributed by atoms with E-state index in [2.05, 4.69) is 15.2 Å². The fourth-order valence-corrected chi connectivity index (χ4v) is 4.22. The highest BCUT2D eigenvalue weighted by Gasteiger charge is 2.35. The molecule has 1 aromatic rings. The summed E-state index contributed by atoms with van der Waals surface area (Å²) < 4.78 is 24.3. The SMILES string of the molecule is CN=C(NCC1(c2cccc(F)c2)CCOCC1)N1CCC(C(=O)OC)CC1. The van der Waals surface area contributed by atoms with Crippen LogP contribution in [0.3, 0.4) is 0 Å². The predicted octanol–water partition coefficient (Wildman–Crippen LogP) is 2.33. The minimum atomic E-state index is -0.211. The molecule has 2 aliphatic heterocycles. The number of benzene rings is 1. The Hall–Kier alpha value is -2.15. The zero-order valence-electron chi connectivity index (χ0n) is 16.7. The summed E-state index contributed by atoms with van der Waals surface area (Å²) in [6, 6.07) is 6.89. The summed E-state index contributed by atoms with van der Waals surface area (Å²) in [7, 11) is 3.21. The third-order valence-electron chi connectivity index (χ3n) is 6.01. The van der Waals surface area contributed by atoms with Crippen LogP contribution >= 0.6 is 0 Å². The van der Waals surface area contributed by atoms with Crippen LogP contribution in [0.25, 0.3) is 0 Å². The molecule has 154 valence electrons. The van der Waals surface area contributed by atoms with Crippen molar-refractivity contribution in [2.45, 2.75) is 31.1 Å². The number of ether oxygens (including phenoxy) is 2. The van der Waals surface area contributed by atoms with E-state index in [1.807, 2.05) is 6.07 Å². The summed E-state index contributed by atoms with van der Waals surface area (Å²) in [5.41, 5.74) is 0.823. The van der Waals surface area contributed by atoms with Crippen LogP contribution in [0.1, 0.15) is 31.2 Å². The fourth-order valence-electron chi connectivity index (χ4n) is 4.22. The smallest absolute Gasteiger partial charge is 0.308 e. The van der Waals surface area contributed by atoms with Gasteiger partial charge in [-0.3, -0.25) is 9.79 Å². The normalized spacial score (nSPS) is 20.7. The number of nitrogens with one attached hydrogen (secondary N) is 1. The Kier molecular flexibility index (Phi) is 6.88. The summed E-state index contributed by atoms with van der Waals surface area (Å²) in [5.74, 6) is 0.451. The molecule has 2 saturated heterocycles. The number of halogens is 1. The van der Waals surface area contributed by atoms with Gasteiger partial charge >= 0.3 is 5.97 Å². The highest BCUT2D eigenvalue weighted by molar-refractivity contribution is 5.80. The molecular formula is C21H30FN3O3. The van der Waals surface area contributed by atoms with Gasteiger partial charge in [-0.15, -0.1) is 0 Å². The first-order valence-electron chi connectivity index (χ1n) is 9.95. The topological polar surface area (TPSA) is 63.2 Å². The van der Waals surface area contributed by atoms with E-state index in [1.165, 1.54) is 13.2 Å². The molecule has 0 unspecified atom stereocenters. The maximum atomic E-state index is 13.9. The maximum Gasteiger partial charge on any atom is 0.308 e. The van der Waals surface area contributed by atoms with Crippen molar-refractivity contribution in [1.29, 1.82) is 0 Å². The van der Waals surface area contributed by atoms with E-state index in [0.717, 1.165) is 50.3 Å². The second-order valence-corrected chi connectivity index (χ2v) is 7.59. The molecule has 0 spiro atoms. The molecule has 0 aromatic heterocycles. The summed E-state index contributed by atoms with van der Waals surface area (Å²) in [5, 5.41) is 3.51. The van der Waals surface area contributed by atoms with Crippen LogP contribution in [-0.4, -0.2) is 63.8 Å². The first-order chi connectivity index (χ1) is 13.6. The number of rotatable bonds is 4. The highest BCUT2D eigenvalue weighted by Crippen LogP contribution is 2.34. The van der Waals surface area contributed by atoms with E-state index in [9.17, 15) is 9.18 Å². The average Bonchev–Trinajstić information content (AvgIpc) is 2.74. The summed E-state index contributed by atoms with van der Waals surface area (Å²) in [6.45, 7) is 3.52. The van der Waals surface area contributed by atoms with E-state index in [-0.39, 0.29) is 23.1 Å². The Balaban J connectivity index is 1.66. The molecule has 2 aliphatic rings. The quantitative estimate of drug-likeness (QED) is 0.485. The van der Waals surface area contributed by atoms with Crippen LogP contribution in [0, 0.1) is 11.7 Å². The molecule has 0 bridgehead atoms. The van der Waals surface area contributed by atoms with Crippen molar-refractivity contribution < 1.29 is 18.7 Å². The minimum Gasteiger partial charge on any atom is -0.469 e. The Morgan fingerprint density at radius 1 is 1.36 bits per heavy atom. The molecule has 0 atom stereocenters. The van der Waals surface area contributed by atoms with E-state index in [1.54, 1.807) is 19.2 Å². The number of nitrogens with zero attached hydrogens (tertiary/aromatic N) is 2. The molecule has 1 N–H and O–H groups in total. The number of guanidine groups is 1. The molecule has 0 aliphatic carbocycles. The molecule has 2 fully saturated rings. The van der Waals surface area contributed by atoms with E-state index in [4.69, 9.17) is 9.47 Å². The Morgan fingerprint density at radius 2 is 2.07 bits per heavy atom. The average molecular weight is 391 g/mol. The van der Waals surface area contributed by atoms with Gasteiger partial charge in [0, 0.05) is 45.3 Å². The van der Waals surface area contributed by atoms with Gasteiger partial charge in [0.05, 0.1) is 13.0 Å². The highest BCUT2D eigenvalue weighted by atomic mass is 19.1. The lowest BCUT2D eigenvalue weighted by Gasteiger charge is -2.40. The zero-order chi connectivity index (χ0) is 20.0. The van der Waals surface area contributed by atoms with Gasteiger partial charge in [0.2, 0.25) is 0 Å². The second-order valence-electron chi connectivity index (χ2n) is 7.59. The van der Waals surface area contributed by atoms with Gasteiger partial charge in [0.15, 0.2) is 5.96 Å². The Bertz CT molecular complexity index is 696. The lowest BCUT2D eigenvalue weighted by atomic mass is 9.74. The molecule has 1 aromatic carbocycles. The van der Waals surface area contributed by atoms with E-state index >= 15 is 0 Å². The molecule has 3 rings (SSSR count). The van der Waals surface area contributed by atoms with Gasteiger partial charge in [0.1, 0.15) is 5.82 Å². The molecule has 7 heteroatoms. The Morgan fingerprint density at radius 3 is 2.68 bits per heavy atom. The van der Waals surface area contributed by atoms with Gasteiger partial charge in [-0.05, 0) is 43.4 Å². The molecule has 0 amide bonds. The molecule has 28 heavy (non-hydrogen) atoms. The number of esters is 1. The van der Waals surface area contributed by atoms with Crippen LogP contribution in [0.5, 0.6) is 0 Å². The molecule has 6 nitrogen and oxygen atoms in total. The molecule has 0 radical (unpaired) electrons. The predicted molar refractivity (Wildman–Crippen MR) is 106 cm³/mol. The van der Waals surface area contributed by atoms with Gasteiger partial charge in [-0.2, -0.15) is 0 Å². The molecular weight excluding hydrogens is 361 g/mol. The van der Waals surface area contributed by atoms with Gasteiger partial charge in [0.25, 0.3) is 0 Å². The lowest BCUT2D eigenvalue weighted by Crippen LogP contribution is -2.51. The van der Waals surface area contributed by atoms with Crippen molar-refractivity contribution in [3.05, 3.63) is 35.6 Å². The number of aliphatic imine (C=N–C) groups is 1. The Labute approximate surface area is 166 Å². The van der Waals surface area contributed by atoms with Crippen LogP contribution in [0.4, 0.5) is 4.39 Å². The third-order valence-corrected chi connectivity index (χ3v) is 6.01. The van der Waals surface area contributed by atoms with Crippen LogP contribution in [0.15, 0.2) is 29.3 Å². The van der Waals surface area contributed by atoms with Crippen molar-refractivity contribution in [2.75, 3.05) is 47.0 Å². The fraction of sp³-hybridized carbons (Fsp3) is 0.619. The summed E-state index contributed by atoms with van der Waals surface area (Å²) >= 11 is 0. The first-order valence-corrected chi connectivity index (χ1v) is 9.95. The van der Waals surface area contributed by atoms with E-state index < -0.39 is 0 Å². The molecule has 0 saturated carbocycles. The number of piperidine rings is 1. The lowest BCUT2D eigenvalue weighted by molar-refractivity contribution is -0.146. The van der Waals surface area contributed by atoms with Crippen LogP contribution < -0.4 is 5.32 Å². The number of hydrogen-bond donors (Lipinski definition) is 1. The zero-order valence-corrected chi connectivity index (χ0v) is 16.7. The van der Waals surface area contributed by atoms with Gasteiger partial charge < -0.3 is 19.7 Å². The number of carbonyl (C=O) groups excluding carboxylic acids is 1. The first kappa shape index (κ1) is 20.6. The maximum absolute atomic E-state index is 13.9. The number of methoxy groups -OCH3 is 1. The van der Waals surface area contributed by atoms with Crippen molar-refractivity contribution >= 4 is 11.9 Å². The van der Waals surface area contributed by atoms with E-state index in [0.29, 0.717) is 19.8 Å². The standard InChI is InChI=1S/C21H30FN3O3/c1-23-20(25-10-6-16(7-11-25)19(26)27-2)24-15-21(8-12-28-13-9-21)17-4-3-5-18(22)14-17/h3-5,14,16H,6-13,15H2,1-2H3,(H,23,24). The number of likely N-dealkylation sites (tertiary alicyclic amines) is 1. The van der Waals surface area contributed by atoms with Crippen molar-refractivity contribution in [3.63, 3.8) is 0 Å². The largest absolute Gasteiger partial charge is 0.469 e. The number of hydrogen-bond acceptors (Lipinski definition) is 4. The van der Waals surface area contributed by atoms with Crippen molar-refractivity contribution in [2.24, 2.45) is 10.9 Å². The van der Waals surface area contributed by atoms with Gasteiger partial charge in [-0.25, -0.2) is 4.39 Å². The van der Waals surface area contributed by atoms with Crippen LogP contribution in [0.2, 0.25) is 0 Å². The molecule has 2 heterocycles. The summed E-state index contributed by atoms with van der Waals surface area (Å²) in [6.07, 6.45) is 3.20. The second kappa shape index (κ2) is 9.37. The van der Waals surface area contributed by atoms with Crippen LogP contribution in [-0.2, 0) is 19.7 Å². The third kappa shape index (κ3) is 4.63. The number of carbonyl (C=O) groups is 1. The van der Waals surface area contributed by atoms with Crippen molar-refractivity contribution in [1.82, 2.24) is 10.2 Å². The minimum absolute atomic E-state index is 0.0338. The summed E-state index contributed by atoms with van der Waals surface area (Å²) in [4.78, 5) is 18.4. The van der Waals surface area contributed by atoms with Gasteiger partial charge in [-0.1, -0.05) is 12.1 Å². The van der Waals surface area contributed by atoms with Crippen molar-refractivity contribution in [3.8, 4) is 0 Å².